The number of hydrogen-bond acceptors (Lipinski definition) is 2. The van der Waals surface area contributed by atoms with E-state index in [1.54, 1.807) is 0 Å². The van der Waals surface area contributed by atoms with Gasteiger partial charge in [0.15, 0.2) is 0 Å². The molecule has 5 heteroatoms. The molecule has 16 aromatic carbocycles. The first-order chi connectivity index (χ1) is 47.4. The molecular weight excluding hydrogens is 1180 g/mol. The molecule has 0 spiro atoms. The molecule has 4 nitrogen and oxygen atoms in total. The zero-order valence-corrected chi connectivity index (χ0v) is 54.6. The maximum Gasteiger partial charge on any atom is 0.252 e. The Kier molecular flexibility index (Phi) is 10.3. The molecule has 0 saturated heterocycles. The number of para-hydroxylation sites is 4. The first-order valence-corrected chi connectivity index (χ1v) is 34.2. The van der Waals surface area contributed by atoms with Gasteiger partial charge in [-0.15, -0.1) is 0 Å². The molecule has 0 unspecified atom stereocenters. The summed E-state index contributed by atoms with van der Waals surface area (Å²) in [4.78, 5) is 0. The largest absolute Gasteiger partial charge is 0.455 e. The summed E-state index contributed by atoms with van der Waals surface area (Å²) in [5.41, 5.74) is 23.7. The summed E-state index contributed by atoms with van der Waals surface area (Å²) >= 11 is 0. The van der Waals surface area contributed by atoms with E-state index in [4.69, 9.17) is 8.83 Å². The zero-order valence-electron chi connectivity index (χ0n) is 54.6. The maximum atomic E-state index is 7.10. The van der Waals surface area contributed by atoms with Crippen LogP contribution >= 0.6 is 0 Å². The molecule has 22 rings (SSSR count). The molecule has 97 heavy (non-hydrogen) atoms. The fraction of sp³-hybridized carbons (Fsp3) is 0.0870. The van der Waals surface area contributed by atoms with Crippen molar-refractivity contribution < 1.29 is 8.83 Å². The lowest BCUT2D eigenvalue weighted by Crippen LogP contribution is -2.59. The van der Waals surface area contributed by atoms with Crippen LogP contribution in [-0.2, 0) is 10.8 Å². The second kappa shape index (κ2) is 18.6. The maximum absolute atomic E-state index is 7.10. The third-order valence-corrected chi connectivity index (χ3v) is 22.5. The molecule has 6 heterocycles. The fourth-order valence-corrected chi connectivity index (χ4v) is 18.2. The van der Waals surface area contributed by atoms with Gasteiger partial charge in [0.1, 0.15) is 22.3 Å². The second-order valence-corrected chi connectivity index (χ2v) is 29.7. The summed E-state index contributed by atoms with van der Waals surface area (Å²) < 4.78 is 19.4. The summed E-state index contributed by atoms with van der Waals surface area (Å²) in [5.74, 6) is 0. The van der Waals surface area contributed by atoms with Gasteiger partial charge in [0, 0.05) is 81.9 Å². The van der Waals surface area contributed by atoms with Crippen LogP contribution in [0.3, 0.4) is 0 Å². The van der Waals surface area contributed by atoms with E-state index in [0.29, 0.717) is 0 Å². The Hall–Kier alpha value is -11.7. The Morgan fingerprint density at radius 2 is 0.753 bits per heavy atom. The normalized spacial score (nSPS) is 13.2. The van der Waals surface area contributed by atoms with E-state index in [1.807, 2.05) is 0 Å². The van der Waals surface area contributed by atoms with E-state index in [2.05, 4.69) is 312 Å². The summed E-state index contributed by atoms with van der Waals surface area (Å²) in [7, 11) is 0. The quantitative estimate of drug-likeness (QED) is 0.131. The van der Waals surface area contributed by atoms with E-state index < -0.39 is 0 Å². The highest BCUT2D eigenvalue weighted by molar-refractivity contribution is 7.00. The van der Waals surface area contributed by atoms with Crippen LogP contribution in [0.4, 0.5) is 0 Å². The fourth-order valence-electron chi connectivity index (χ4n) is 18.2. The highest BCUT2D eigenvalue weighted by Crippen LogP contribution is 2.52. The topological polar surface area (TPSA) is 36.1 Å². The summed E-state index contributed by atoms with van der Waals surface area (Å²) in [6.07, 6.45) is 0. The van der Waals surface area contributed by atoms with Crippen LogP contribution in [-0.4, -0.2) is 15.8 Å². The van der Waals surface area contributed by atoms with Crippen molar-refractivity contribution in [2.75, 3.05) is 0 Å². The van der Waals surface area contributed by atoms with Gasteiger partial charge in [-0.25, -0.2) is 0 Å². The molecule has 0 bridgehead atoms. The van der Waals surface area contributed by atoms with Crippen molar-refractivity contribution in [3.63, 3.8) is 0 Å². The van der Waals surface area contributed by atoms with Gasteiger partial charge in [-0.1, -0.05) is 248 Å². The minimum Gasteiger partial charge on any atom is -0.455 e. The average Bonchev–Trinajstić information content (AvgIpc) is 1.53. The Morgan fingerprint density at radius 3 is 1.36 bits per heavy atom. The minimum atomic E-state index is -0.158. The number of rotatable bonds is 3. The molecule has 4 aromatic heterocycles. The van der Waals surface area contributed by atoms with E-state index in [1.165, 1.54) is 147 Å². The molecule has 0 aliphatic carbocycles. The standard InChI is InChI=1S/C92H61BN2O2/c1-91(2,3)52-38-41-76-71(46-52)73-47-53(92(4,5)6)48-74-87(73)94(76)78-44-51(54-39-37-50(55-31-19-32-67-62-27-15-17-35-80(62)96-89(55)67)43-70(54)69-34-20-33-68-63-28-16-18-36-81(63)97-90(68)69)45-79-86(78)93(74)75-49-72-61-26-10-8-22-57(61)59-24-12-14-30-65(59)83(72)85-84-77(95(79)88(75)85)42-40-66-60-25-9-7-21-56(60)58-23-11-13-29-64(58)82(66)84/h7-49H,1-6H3. The number of furan rings is 2. The van der Waals surface area contributed by atoms with E-state index in [-0.39, 0.29) is 17.5 Å². The van der Waals surface area contributed by atoms with Crippen molar-refractivity contribution >= 4 is 175 Å². The van der Waals surface area contributed by atoms with Gasteiger partial charge >= 0.3 is 0 Å². The summed E-state index contributed by atoms with van der Waals surface area (Å²) in [6, 6.07) is 99.2. The number of nitrogens with zero attached hydrogens (tertiary/aromatic N) is 2. The molecule has 0 saturated carbocycles. The molecular formula is C92H61BN2O2. The van der Waals surface area contributed by atoms with Crippen LogP contribution in [0.1, 0.15) is 52.7 Å². The Morgan fingerprint density at radius 1 is 0.278 bits per heavy atom. The molecule has 0 radical (unpaired) electrons. The van der Waals surface area contributed by atoms with Crippen molar-refractivity contribution in [3.8, 4) is 44.8 Å². The molecule has 0 amide bonds. The van der Waals surface area contributed by atoms with Crippen LogP contribution in [0.2, 0.25) is 0 Å². The van der Waals surface area contributed by atoms with Gasteiger partial charge < -0.3 is 18.0 Å². The van der Waals surface area contributed by atoms with Crippen LogP contribution in [0, 0.1) is 0 Å². The van der Waals surface area contributed by atoms with Gasteiger partial charge in [-0.05, 0) is 169 Å². The Balaban J connectivity index is 0.958. The molecule has 0 atom stereocenters. The van der Waals surface area contributed by atoms with Crippen molar-refractivity contribution in [1.29, 1.82) is 0 Å². The molecule has 2 aliphatic rings. The lowest BCUT2D eigenvalue weighted by atomic mass is 9.34. The van der Waals surface area contributed by atoms with Gasteiger partial charge in [-0.3, -0.25) is 0 Å². The molecule has 454 valence electrons. The third kappa shape index (κ3) is 7.02. The van der Waals surface area contributed by atoms with Gasteiger partial charge in [-0.2, -0.15) is 0 Å². The monoisotopic (exact) mass is 1240 g/mol. The molecule has 0 N–H and O–H groups in total. The van der Waals surface area contributed by atoms with Gasteiger partial charge in [0.05, 0.1) is 16.6 Å². The first kappa shape index (κ1) is 53.7. The smallest absolute Gasteiger partial charge is 0.252 e. The predicted octanol–water partition coefficient (Wildman–Crippen LogP) is 23.3. The zero-order chi connectivity index (χ0) is 64.2. The Bertz CT molecular complexity index is 7000. The summed E-state index contributed by atoms with van der Waals surface area (Å²) in [5, 5.41) is 24.8. The van der Waals surface area contributed by atoms with Crippen LogP contribution in [0.15, 0.2) is 270 Å². The molecule has 0 fully saturated rings. The number of aromatic nitrogens is 2. The lowest BCUT2D eigenvalue weighted by Gasteiger charge is -2.35. The van der Waals surface area contributed by atoms with Crippen molar-refractivity contribution in [3.05, 3.63) is 272 Å². The van der Waals surface area contributed by atoms with Crippen molar-refractivity contribution in [1.82, 2.24) is 9.13 Å². The highest BCUT2D eigenvalue weighted by atomic mass is 16.3. The van der Waals surface area contributed by atoms with Crippen molar-refractivity contribution in [2.45, 2.75) is 52.4 Å². The van der Waals surface area contributed by atoms with Gasteiger partial charge in [0.25, 0.3) is 6.71 Å². The highest BCUT2D eigenvalue weighted by Gasteiger charge is 2.43. The molecule has 20 aromatic rings. The van der Waals surface area contributed by atoms with E-state index in [9.17, 15) is 0 Å². The number of fused-ring (bicyclic) bond motifs is 30. The van der Waals surface area contributed by atoms with Crippen LogP contribution < -0.4 is 16.4 Å². The summed E-state index contributed by atoms with van der Waals surface area (Å²) in [6.45, 7) is 14.1. The second-order valence-electron chi connectivity index (χ2n) is 29.7. The first-order valence-electron chi connectivity index (χ1n) is 34.2. The third-order valence-electron chi connectivity index (χ3n) is 22.5. The molecule has 2 aliphatic heterocycles. The van der Waals surface area contributed by atoms with Crippen molar-refractivity contribution in [2.24, 2.45) is 0 Å². The Labute approximate surface area is 558 Å². The average molecular weight is 1240 g/mol. The number of hydrogen-bond donors (Lipinski definition) is 0. The predicted molar refractivity (Wildman–Crippen MR) is 413 cm³/mol. The lowest BCUT2D eigenvalue weighted by molar-refractivity contribution is 0.590. The SMILES string of the molecule is CC(C)(C)c1ccc2c(c1)c1cc(C(C)(C)C)cc3c1n2-c1cc(-c2ccc(-c4cccc5c4oc4ccccc45)cc2-c2cccc4c2oc2ccccc24)cc2c1B3c1cc3c4ccccc4c4ccccc4c3c3c4c5c6ccccc6c6ccccc6c5ccc4n-2c13. The minimum absolute atomic E-state index is 0.0752. The van der Waals surface area contributed by atoms with Crippen LogP contribution in [0.5, 0.6) is 0 Å². The van der Waals surface area contributed by atoms with E-state index in [0.717, 1.165) is 77.3 Å². The van der Waals surface area contributed by atoms with E-state index >= 15 is 0 Å². The number of benzene rings is 16. The van der Waals surface area contributed by atoms with Gasteiger partial charge in [0.2, 0.25) is 0 Å². The van der Waals surface area contributed by atoms with Crippen LogP contribution in [0.25, 0.3) is 197 Å².